The Morgan fingerprint density at radius 2 is 1.96 bits per heavy atom. The number of hydrogen-bond donors (Lipinski definition) is 1. The molecule has 0 fully saturated rings. The zero-order valence-corrected chi connectivity index (χ0v) is 14.0. The summed E-state index contributed by atoms with van der Waals surface area (Å²) in [6, 6.07) is 12.6. The Balaban J connectivity index is 2.22. The molecule has 7 heteroatoms. The highest BCUT2D eigenvalue weighted by atomic mass is 16.1. The standard InChI is InChI=1S/C19H14N6O/c1-2-17(26)22-14-6-5-9-25(12-14)19-18(13(10-20)11-21)23-15-7-3-4-8-16(15)24-19/h3-9,12H,2H2,1H3,(H,22,26). The Kier molecular flexibility index (Phi) is 4.79. The lowest BCUT2D eigenvalue weighted by Crippen LogP contribution is -2.33. The van der Waals surface area contributed by atoms with Crippen molar-refractivity contribution in [2.45, 2.75) is 13.3 Å². The number of rotatable bonds is 4. The number of nitriles is 1. The summed E-state index contributed by atoms with van der Waals surface area (Å²) >= 11 is 0. The zero-order chi connectivity index (χ0) is 18.5. The molecule has 1 amide bonds. The summed E-state index contributed by atoms with van der Waals surface area (Å²) in [5.41, 5.74) is 1.87. The van der Waals surface area contributed by atoms with E-state index >= 15 is 0 Å². The number of nitrogens with one attached hydrogen (secondary N) is 1. The lowest BCUT2D eigenvalue weighted by molar-refractivity contribution is -0.599. The van der Waals surface area contributed by atoms with Crippen molar-refractivity contribution >= 4 is 34.1 Å². The van der Waals surface area contributed by atoms with Crippen molar-refractivity contribution in [3.63, 3.8) is 0 Å². The predicted octanol–water partition coefficient (Wildman–Crippen LogP) is 2.40. The second-order valence-electron chi connectivity index (χ2n) is 5.38. The molecule has 126 valence electrons. The first kappa shape index (κ1) is 17.0. The molecule has 1 N–H and O–H groups in total. The lowest BCUT2D eigenvalue weighted by Gasteiger charge is -2.06. The van der Waals surface area contributed by atoms with E-state index in [0.717, 1.165) is 0 Å². The van der Waals surface area contributed by atoms with Crippen molar-refractivity contribution in [1.82, 2.24) is 9.97 Å². The van der Waals surface area contributed by atoms with Crippen molar-refractivity contribution in [1.29, 1.82) is 5.26 Å². The molecule has 0 saturated carbocycles. The van der Waals surface area contributed by atoms with E-state index in [4.69, 9.17) is 0 Å². The van der Waals surface area contributed by atoms with E-state index in [-0.39, 0.29) is 17.2 Å². The van der Waals surface area contributed by atoms with Crippen LogP contribution in [0.2, 0.25) is 0 Å². The van der Waals surface area contributed by atoms with Gasteiger partial charge < -0.3 is 10.7 Å². The molecule has 7 nitrogen and oxygen atoms in total. The summed E-state index contributed by atoms with van der Waals surface area (Å²) in [4.78, 5) is 20.6. The highest BCUT2D eigenvalue weighted by Crippen LogP contribution is 2.18. The van der Waals surface area contributed by atoms with E-state index in [1.807, 2.05) is 24.1 Å². The summed E-state index contributed by atoms with van der Waals surface area (Å²) in [7, 11) is 0. The number of nitrogens with zero attached hydrogens (tertiary/aromatic N) is 5. The van der Waals surface area contributed by atoms with Crippen molar-refractivity contribution in [3.05, 3.63) is 59.9 Å². The van der Waals surface area contributed by atoms with Gasteiger partial charge in [0.1, 0.15) is 23.4 Å². The van der Waals surface area contributed by atoms with Gasteiger partial charge in [0, 0.05) is 6.42 Å². The molecule has 0 unspecified atom stereocenters. The predicted molar refractivity (Wildman–Crippen MR) is 97.4 cm³/mol. The van der Waals surface area contributed by atoms with Crippen LogP contribution >= 0.6 is 0 Å². The summed E-state index contributed by atoms with van der Waals surface area (Å²) in [6.45, 7) is 1.76. The third-order valence-electron chi connectivity index (χ3n) is 3.66. The van der Waals surface area contributed by atoms with E-state index in [2.05, 4.69) is 15.3 Å². The van der Waals surface area contributed by atoms with Crippen molar-refractivity contribution in [2.24, 2.45) is 0 Å². The summed E-state index contributed by atoms with van der Waals surface area (Å²) in [5, 5.41) is 21.3. The van der Waals surface area contributed by atoms with E-state index in [1.165, 1.54) is 0 Å². The maximum absolute atomic E-state index is 11.6. The number of anilines is 1. The molecule has 0 bridgehead atoms. The second-order valence-corrected chi connectivity index (χ2v) is 5.38. The lowest BCUT2D eigenvalue weighted by atomic mass is 10.2. The Hall–Kier alpha value is -3.88. The summed E-state index contributed by atoms with van der Waals surface area (Å²) in [5.74, 6) is 2.09. The van der Waals surface area contributed by atoms with Crippen molar-refractivity contribution in [3.8, 4) is 11.9 Å². The van der Waals surface area contributed by atoms with Gasteiger partial charge in [-0.1, -0.05) is 19.1 Å². The average molecular weight is 342 g/mol. The zero-order valence-electron chi connectivity index (χ0n) is 14.0. The fourth-order valence-electron chi connectivity index (χ4n) is 2.40. The molecule has 3 aromatic rings. The Bertz CT molecular complexity index is 1090. The molecular weight excluding hydrogens is 328 g/mol. The maximum atomic E-state index is 11.6. The Morgan fingerprint density at radius 1 is 1.23 bits per heavy atom. The molecule has 1 aromatic carbocycles. The fourth-order valence-corrected chi connectivity index (χ4v) is 2.40. The molecule has 0 atom stereocenters. The molecule has 2 heterocycles. The third kappa shape index (κ3) is 3.31. The minimum atomic E-state index is -0.131. The number of benzene rings is 1. The number of fused-ring (bicyclic) bond motifs is 1. The fraction of sp³-hybridized carbons (Fsp3) is 0.105. The van der Waals surface area contributed by atoms with Crippen LogP contribution in [-0.4, -0.2) is 21.7 Å². The average Bonchev–Trinajstić information content (AvgIpc) is 2.68. The Morgan fingerprint density at radius 3 is 2.62 bits per heavy atom. The molecule has 0 aliphatic rings. The van der Waals surface area contributed by atoms with Crippen LogP contribution in [0.5, 0.6) is 0 Å². The smallest absolute Gasteiger partial charge is 0.356 e. The number of allylic oxidation sites excluding steroid dienone is 1. The van der Waals surface area contributed by atoms with Crippen LogP contribution in [0.3, 0.4) is 0 Å². The van der Waals surface area contributed by atoms with Crippen molar-refractivity contribution < 1.29 is 9.36 Å². The van der Waals surface area contributed by atoms with Gasteiger partial charge in [-0.05, 0) is 29.2 Å². The largest absolute Gasteiger partial charge is 0.762 e. The topological polar surface area (TPSA) is 105 Å². The second kappa shape index (κ2) is 7.34. The number of carbonyl (C=O) groups is 1. The summed E-state index contributed by atoms with van der Waals surface area (Å²) in [6.07, 6.45) is 3.75. The first-order chi connectivity index (χ1) is 12.7. The van der Waals surface area contributed by atoms with Gasteiger partial charge in [0.2, 0.25) is 11.4 Å². The quantitative estimate of drug-likeness (QED) is 0.446. The molecule has 0 spiro atoms. The van der Waals surface area contributed by atoms with Crippen LogP contribution in [0.25, 0.3) is 27.8 Å². The first-order valence-electron chi connectivity index (χ1n) is 7.92. The minimum absolute atomic E-state index is 0.117. The molecular formula is C19H14N6O. The normalized spacial score (nSPS) is 10.0. The molecule has 0 radical (unpaired) electrons. The third-order valence-corrected chi connectivity index (χ3v) is 3.66. The van der Waals surface area contributed by atoms with Crippen LogP contribution < -0.4 is 9.88 Å². The van der Waals surface area contributed by atoms with Crippen LogP contribution in [0.1, 0.15) is 19.0 Å². The maximum Gasteiger partial charge on any atom is 0.356 e. The van der Waals surface area contributed by atoms with Gasteiger partial charge in [0.05, 0.1) is 11.9 Å². The molecule has 2 aromatic heterocycles. The molecule has 26 heavy (non-hydrogen) atoms. The van der Waals surface area contributed by atoms with Crippen LogP contribution in [0.4, 0.5) is 5.69 Å². The van der Waals surface area contributed by atoms with E-state index in [1.54, 1.807) is 48.1 Å². The number of para-hydroxylation sites is 2. The number of aromatic nitrogens is 3. The number of pyridine rings is 1. The van der Waals surface area contributed by atoms with Gasteiger partial charge in [0.25, 0.3) is 0 Å². The van der Waals surface area contributed by atoms with Crippen LogP contribution in [-0.2, 0) is 4.79 Å². The molecule has 3 rings (SSSR count). The van der Waals surface area contributed by atoms with Crippen molar-refractivity contribution in [2.75, 3.05) is 5.32 Å². The van der Waals surface area contributed by atoms with E-state index in [9.17, 15) is 15.5 Å². The van der Waals surface area contributed by atoms with Crippen LogP contribution in [0, 0.1) is 11.3 Å². The molecule has 0 saturated heterocycles. The van der Waals surface area contributed by atoms with Gasteiger partial charge in [-0.2, -0.15) is 9.83 Å². The monoisotopic (exact) mass is 342 g/mol. The SMILES string of the molecule is CCC(=O)Nc1ccc[n+](-c2nc3ccccc3nc2C(=C=[N-])C#N)c1. The van der Waals surface area contributed by atoms with Gasteiger partial charge in [-0.3, -0.25) is 4.79 Å². The van der Waals surface area contributed by atoms with Crippen LogP contribution in [0.15, 0.2) is 48.8 Å². The Labute approximate surface area is 149 Å². The van der Waals surface area contributed by atoms with E-state index in [0.29, 0.717) is 29.0 Å². The minimum Gasteiger partial charge on any atom is -0.762 e. The number of hydrogen-bond acceptors (Lipinski definition) is 4. The van der Waals surface area contributed by atoms with E-state index < -0.39 is 0 Å². The van der Waals surface area contributed by atoms with Gasteiger partial charge in [0.15, 0.2) is 5.69 Å². The van der Waals surface area contributed by atoms with Gasteiger partial charge in [-0.25, -0.2) is 10.9 Å². The summed E-state index contributed by atoms with van der Waals surface area (Å²) < 4.78 is 1.63. The molecule has 0 aliphatic heterocycles. The first-order valence-corrected chi connectivity index (χ1v) is 7.92. The van der Waals surface area contributed by atoms with Gasteiger partial charge in [-0.15, -0.1) is 0 Å². The highest BCUT2D eigenvalue weighted by molar-refractivity contribution is 5.99. The number of carbonyl (C=O) groups excluding carboxylic acids is 1. The molecule has 0 aliphatic carbocycles. The highest BCUT2D eigenvalue weighted by Gasteiger charge is 2.22. The number of amides is 1. The van der Waals surface area contributed by atoms with Gasteiger partial charge >= 0.3 is 5.82 Å².